The maximum Gasteiger partial charge on any atom is 0.410 e. The zero-order valence-corrected chi connectivity index (χ0v) is 20.6. The van der Waals surface area contributed by atoms with Crippen LogP contribution in [0.2, 0.25) is 0 Å². The van der Waals surface area contributed by atoms with Gasteiger partial charge in [-0.1, -0.05) is 17.3 Å². The molecule has 0 atom stereocenters. The SMILES string of the molecule is COc1ccccc1-c1noc(-c2cnn3c(C4CCN(C(=O)OC(C)(C)C)CC4)cc(=O)[nH]c23)n1. The van der Waals surface area contributed by atoms with Gasteiger partial charge in [-0.05, 0) is 45.7 Å². The highest BCUT2D eigenvalue weighted by molar-refractivity contribution is 5.73. The average Bonchev–Trinajstić information content (AvgIpc) is 3.50. The van der Waals surface area contributed by atoms with Gasteiger partial charge in [-0.2, -0.15) is 10.1 Å². The van der Waals surface area contributed by atoms with Crippen molar-refractivity contribution < 1.29 is 18.8 Å². The van der Waals surface area contributed by atoms with E-state index in [2.05, 4.69) is 20.2 Å². The molecule has 0 unspecified atom stereocenters. The minimum absolute atomic E-state index is 0.0491. The Hall–Kier alpha value is -4.15. The highest BCUT2D eigenvalue weighted by Crippen LogP contribution is 2.32. The number of H-pyrrole nitrogens is 1. The Morgan fingerprint density at radius 3 is 2.64 bits per heavy atom. The molecule has 5 rings (SSSR count). The van der Waals surface area contributed by atoms with E-state index in [0.717, 1.165) is 5.69 Å². The van der Waals surface area contributed by atoms with E-state index in [-0.39, 0.29) is 23.5 Å². The van der Waals surface area contributed by atoms with Crippen molar-refractivity contribution in [3.63, 3.8) is 0 Å². The van der Waals surface area contributed by atoms with Crippen LogP contribution in [0.25, 0.3) is 28.5 Å². The molecular weight excluding hydrogens is 464 g/mol. The predicted octanol–water partition coefficient (Wildman–Crippen LogP) is 3.86. The van der Waals surface area contributed by atoms with Crippen LogP contribution in [0.1, 0.15) is 45.2 Å². The van der Waals surface area contributed by atoms with E-state index < -0.39 is 5.60 Å². The van der Waals surface area contributed by atoms with Crippen molar-refractivity contribution in [3.05, 3.63) is 52.6 Å². The van der Waals surface area contributed by atoms with Gasteiger partial charge in [-0.25, -0.2) is 9.31 Å². The molecule has 1 saturated heterocycles. The number of amides is 1. The van der Waals surface area contributed by atoms with Crippen molar-refractivity contribution in [3.8, 4) is 28.6 Å². The number of nitrogens with one attached hydrogen (secondary N) is 1. The van der Waals surface area contributed by atoms with Crippen LogP contribution in [0.3, 0.4) is 0 Å². The van der Waals surface area contributed by atoms with E-state index in [4.69, 9.17) is 14.0 Å². The zero-order valence-electron chi connectivity index (χ0n) is 20.6. The van der Waals surface area contributed by atoms with Crippen molar-refractivity contribution in [2.24, 2.45) is 0 Å². The summed E-state index contributed by atoms with van der Waals surface area (Å²) in [5, 5.41) is 8.62. The number of methoxy groups -OCH3 is 1. The molecule has 11 heteroatoms. The number of benzene rings is 1. The lowest BCUT2D eigenvalue weighted by atomic mass is 9.93. The number of carbonyl (C=O) groups excluding carboxylic acids is 1. The molecule has 188 valence electrons. The van der Waals surface area contributed by atoms with E-state index in [1.54, 1.807) is 28.8 Å². The summed E-state index contributed by atoms with van der Waals surface area (Å²) in [6, 6.07) is 8.94. The van der Waals surface area contributed by atoms with E-state index in [1.807, 2.05) is 45.0 Å². The number of hydrogen-bond donors (Lipinski definition) is 1. The number of ether oxygens (including phenoxy) is 2. The summed E-state index contributed by atoms with van der Waals surface area (Å²) in [4.78, 5) is 34.1. The highest BCUT2D eigenvalue weighted by atomic mass is 16.6. The lowest BCUT2D eigenvalue weighted by Gasteiger charge is -2.33. The summed E-state index contributed by atoms with van der Waals surface area (Å²) in [7, 11) is 1.58. The van der Waals surface area contributed by atoms with Crippen LogP contribution in [0.4, 0.5) is 4.79 Å². The van der Waals surface area contributed by atoms with E-state index in [1.165, 1.54) is 0 Å². The molecule has 0 aliphatic carbocycles. The lowest BCUT2D eigenvalue weighted by Crippen LogP contribution is -2.41. The quantitative estimate of drug-likeness (QED) is 0.455. The monoisotopic (exact) mass is 492 g/mol. The number of hydrogen-bond acceptors (Lipinski definition) is 8. The summed E-state index contributed by atoms with van der Waals surface area (Å²) in [6.07, 6.45) is 2.65. The minimum atomic E-state index is -0.543. The first-order valence-electron chi connectivity index (χ1n) is 11.8. The Kier molecular flexibility index (Phi) is 5.99. The van der Waals surface area contributed by atoms with Gasteiger partial charge in [-0.3, -0.25) is 4.79 Å². The van der Waals surface area contributed by atoms with Crippen LogP contribution in [0.15, 0.2) is 45.8 Å². The Labute approximate surface area is 207 Å². The molecule has 0 spiro atoms. The normalized spacial score (nSPS) is 14.8. The van der Waals surface area contributed by atoms with Gasteiger partial charge in [0.25, 0.3) is 11.4 Å². The van der Waals surface area contributed by atoms with Gasteiger partial charge in [0.2, 0.25) is 5.82 Å². The summed E-state index contributed by atoms with van der Waals surface area (Å²) in [5.41, 5.74) is 1.67. The van der Waals surface area contributed by atoms with E-state index in [0.29, 0.717) is 54.3 Å². The molecule has 0 bridgehead atoms. The fourth-order valence-electron chi connectivity index (χ4n) is 4.42. The van der Waals surface area contributed by atoms with E-state index in [9.17, 15) is 9.59 Å². The fourth-order valence-corrected chi connectivity index (χ4v) is 4.42. The number of likely N-dealkylation sites (tertiary alicyclic amines) is 1. The molecule has 4 aromatic rings. The highest BCUT2D eigenvalue weighted by Gasteiger charge is 2.29. The molecule has 1 aliphatic heterocycles. The van der Waals surface area contributed by atoms with Crippen molar-refractivity contribution in [2.75, 3.05) is 20.2 Å². The molecule has 0 saturated carbocycles. The Bertz CT molecular complexity index is 1460. The van der Waals surface area contributed by atoms with Gasteiger partial charge in [0.1, 0.15) is 22.6 Å². The van der Waals surface area contributed by atoms with Gasteiger partial charge >= 0.3 is 6.09 Å². The van der Waals surface area contributed by atoms with Gasteiger partial charge in [0, 0.05) is 25.1 Å². The zero-order chi connectivity index (χ0) is 25.4. The molecule has 1 aromatic carbocycles. The first-order chi connectivity index (χ1) is 17.2. The average molecular weight is 493 g/mol. The molecular formula is C25H28N6O5. The third kappa shape index (κ3) is 4.56. The molecule has 36 heavy (non-hydrogen) atoms. The number of piperidine rings is 1. The number of para-hydroxylation sites is 1. The molecule has 11 nitrogen and oxygen atoms in total. The van der Waals surface area contributed by atoms with Crippen LogP contribution < -0.4 is 10.3 Å². The molecule has 1 fully saturated rings. The van der Waals surface area contributed by atoms with Crippen molar-refractivity contribution >= 4 is 11.7 Å². The van der Waals surface area contributed by atoms with Gasteiger partial charge in [-0.15, -0.1) is 0 Å². The maximum absolute atomic E-state index is 12.6. The third-order valence-corrected chi connectivity index (χ3v) is 6.10. The number of aromatic amines is 1. The van der Waals surface area contributed by atoms with Crippen LogP contribution in [-0.4, -0.2) is 61.5 Å². The van der Waals surface area contributed by atoms with Crippen molar-refractivity contribution in [1.82, 2.24) is 29.6 Å². The van der Waals surface area contributed by atoms with Crippen LogP contribution in [0, 0.1) is 0 Å². The van der Waals surface area contributed by atoms with Crippen LogP contribution in [-0.2, 0) is 4.74 Å². The topological polar surface area (TPSA) is 128 Å². The van der Waals surface area contributed by atoms with Crippen LogP contribution in [0.5, 0.6) is 5.75 Å². The van der Waals surface area contributed by atoms with Crippen molar-refractivity contribution in [1.29, 1.82) is 0 Å². The van der Waals surface area contributed by atoms with Gasteiger partial charge in [0.15, 0.2) is 0 Å². The fraction of sp³-hybridized carbons (Fsp3) is 0.400. The number of carbonyl (C=O) groups is 1. The maximum atomic E-state index is 12.6. The largest absolute Gasteiger partial charge is 0.496 e. The number of rotatable bonds is 4. The van der Waals surface area contributed by atoms with Crippen LogP contribution >= 0.6 is 0 Å². The molecule has 1 amide bonds. The summed E-state index contributed by atoms with van der Waals surface area (Å²) in [5.74, 6) is 1.28. The van der Waals surface area contributed by atoms with Gasteiger partial charge < -0.3 is 23.9 Å². The predicted molar refractivity (Wildman–Crippen MR) is 131 cm³/mol. The second-order valence-electron chi connectivity index (χ2n) is 9.74. The summed E-state index contributed by atoms with van der Waals surface area (Å²) < 4.78 is 18.1. The Morgan fingerprint density at radius 1 is 1.17 bits per heavy atom. The van der Waals surface area contributed by atoms with Crippen molar-refractivity contribution in [2.45, 2.75) is 45.1 Å². The second-order valence-corrected chi connectivity index (χ2v) is 9.74. The number of aromatic nitrogens is 5. The molecule has 3 aromatic heterocycles. The number of nitrogens with zero attached hydrogens (tertiary/aromatic N) is 5. The standard InChI is InChI=1S/C25H28N6O5/c1-25(2,3)35-24(33)30-11-9-15(10-12-30)18-13-20(32)27-22-17(14-26-31(18)22)23-28-21(29-36-23)16-7-5-6-8-19(16)34-4/h5-8,13-15H,9-12H2,1-4H3,(H,27,32). The molecule has 1 aliphatic rings. The first kappa shape index (κ1) is 23.6. The number of fused-ring (bicyclic) bond motifs is 1. The van der Waals surface area contributed by atoms with Gasteiger partial charge in [0.05, 0.1) is 24.6 Å². The minimum Gasteiger partial charge on any atom is -0.496 e. The smallest absolute Gasteiger partial charge is 0.410 e. The molecule has 4 heterocycles. The third-order valence-electron chi connectivity index (χ3n) is 6.10. The lowest BCUT2D eigenvalue weighted by molar-refractivity contribution is 0.0203. The molecule has 1 N–H and O–H groups in total. The summed E-state index contributed by atoms with van der Waals surface area (Å²) in [6.45, 7) is 6.62. The molecule has 0 radical (unpaired) electrons. The Balaban J connectivity index is 1.42. The first-order valence-corrected chi connectivity index (χ1v) is 11.8. The summed E-state index contributed by atoms with van der Waals surface area (Å²) >= 11 is 0. The Morgan fingerprint density at radius 2 is 1.92 bits per heavy atom. The van der Waals surface area contributed by atoms with E-state index >= 15 is 0 Å². The second kappa shape index (κ2) is 9.14.